The second-order valence-corrected chi connectivity index (χ2v) is 8.67. The molecule has 0 bridgehead atoms. The number of fused-ring (bicyclic) bond motifs is 1. The molecule has 124 valence electrons. The van der Waals surface area contributed by atoms with Gasteiger partial charge in [-0.1, -0.05) is 18.2 Å². The number of hydrogen-bond acceptors (Lipinski definition) is 5. The number of nitrogens with one attached hydrogen (secondary N) is 1. The largest absolute Gasteiger partial charge is 0.493 e. The molecular formula is C16H20N2O3S2. The zero-order valence-corrected chi connectivity index (χ0v) is 14.8. The first-order valence-corrected chi connectivity index (χ1v) is 9.79. The van der Waals surface area contributed by atoms with E-state index in [1.807, 2.05) is 31.1 Å². The molecule has 0 saturated heterocycles. The van der Waals surface area contributed by atoms with Crippen molar-refractivity contribution >= 4 is 21.4 Å². The first-order chi connectivity index (χ1) is 11.0. The molecule has 0 saturated carbocycles. The first kappa shape index (κ1) is 16.4. The molecule has 1 aromatic carbocycles. The van der Waals surface area contributed by atoms with Crippen molar-refractivity contribution in [2.75, 3.05) is 27.2 Å². The van der Waals surface area contributed by atoms with Crippen LogP contribution in [0.2, 0.25) is 0 Å². The normalized spacial score (nSPS) is 15.4. The maximum absolute atomic E-state index is 12.3. The third kappa shape index (κ3) is 3.58. The predicted octanol–water partition coefficient (Wildman–Crippen LogP) is 2.26. The Bertz CT molecular complexity index is 771. The molecule has 5 nitrogen and oxygen atoms in total. The van der Waals surface area contributed by atoms with Crippen LogP contribution in [-0.2, 0) is 16.4 Å². The third-order valence-electron chi connectivity index (χ3n) is 3.95. The zero-order chi connectivity index (χ0) is 16.4. The Hall–Kier alpha value is -1.41. The van der Waals surface area contributed by atoms with Gasteiger partial charge >= 0.3 is 0 Å². The summed E-state index contributed by atoms with van der Waals surface area (Å²) in [4.78, 5) is 2.02. The molecule has 0 aliphatic carbocycles. The van der Waals surface area contributed by atoms with E-state index in [1.165, 1.54) is 16.9 Å². The van der Waals surface area contributed by atoms with Gasteiger partial charge in [0.05, 0.1) is 6.61 Å². The summed E-state index contributed by atoms with van der Waals surface area (Å²) in [6.07, 6.45) is 0.907. The van der Waals surface area contributed by atoms with Crippen molar-refractivity contribution in [3.8, 4) is 5.75 Å². The van der Waals surface area contributed by atoms with Gasteiger partial charge in [-0.3, -0.25) is 0 Å². The summed E-state index contributed by atoms with van der Waals surface area (Å²) in [5, 5.41) is 1.76. The molecule has 7 heteroatoms. The highest BCUT2D eigenvalue weighted by Gasteiger charge is 2.22. The van der Waals surface area contributed by atoms with Crippen LogP contribution in [-0.4, -0.2) is 40.6 Å². The summed E-state index contributed by atoms with van der Waals surface area (Å²) >= 11 is 1.22. The molecule has 2 heterocycles. The molecule has 1 aliphatic heterocycles. The van der Waals surface area contributed by atoms with E-state index in [-0.39, 0.29) is 6.04 Å². The van der Waals surface area contributed by atoms with Gasteiger partial charge in [0, 0.05) is 19.0 Å². The predicted molar refractivity (Wildman–Crippen MR) is 91.6 cm³/mol. The number of likely N-dealkylation sites (N-methyl/N-ethyl adjacent to an activating group) is 1. The quantitative estimate of drug-likeness (QED) is 0.866. The number of thiophene rings is 1. The van der Waals surface area contributed by atoms with E-state index >= 15 is 0 Å². The van der Waals surface area contributed by atoms with Crippen molar-refractivity contribution in [3.05, 3.63) is 46.8 Å². The van der Waals surface area contributed by atoms with Crippen molar-refractivity contribution in [2.24, 2.45) is 0 Å². The molecular weight excluding hydrogens is 332 g/mol. The highest BCUT2D eigenvalue weighted by Crippen LogP contribution is 2.29. The zero-order valence-electron chi connectivity index (χ0n) is 13.2. The fourth-order valence-corrected chi connectivity index (χ4v) is 4.76. The summed E-state index contributed by atoms with van der Waals surface area (Å²) in [6.45, 7) is 1.04. The standard InChI is InChI=1S/C16H20N2O3S2/c1-18(2)14(11-17-23(19,20)16-4-3-9-22-16)12-5-6-15-13(10-12)7-8-21-15/h3-6,9-10,14,17H,7-8,11H2,1-2H3. The lowest BCUT2D eigenvalue weighted by Gasteiger charge is -2.25. The van der Waals surface area contributed by atoms with Crippen LogP contribution in [0, 0.1) is 0 Å². The fourth-order valence-electron chi connectivity index (χ4n) is 2.69. The average molecular weight is 352 g/mol. The maximum atomic E-state index is 12.3. The van der Waals surface area contributed by atoms with E-state index in [0.29, 0.717) is 10.8 Å². The molecule has 3 rings (SSSR count). The number of ether oxygens (including phenoxy) is 1. The Morgan fingerprint density at radius 2 is 2.17 bits per heavy atom. The lowest BCUT2D eigenvalue weighted by molar-refractivity contribution is 0.299. The first-order valence-electron chi connectivity index (χ1n) is 7.42. The molecule has 0 radical (unpaired) electrons. The molecule has 1 N–H and O–H groups in total. The van der Waals surface area contributed by atoms with Crippen molar-refractivity contribution < 1.29 is 13.2 Å². The van der Waals surface area contributed by atoms with Crippen molar-refractivity contribution in [1.29, 1.82) is 0 Å². The number of sulfonamides is 1. The van der Waals surface area contributed by atoms with Crippen LogP contribution in [0.4, 0.5) is 0 Å². The maximum Gasteiger partial charge on any atom is 0.250 e. The van der Waals surface area contributed by atoms with Crippen LogP contribution in [0.15, 0.2) is 39.9 Å². The highest BCUT2D eigenvalue weighted by molar-refractivity contribution is 7.91. The van der Waals surface area contributed by atoms with Crippen molar-refractivity contribution in [1.82, 2.24) is 9.62 Å². The van der Waals surface area contributed by atoms with Gasteiger partial charge in [0.1, 0.15) is 9.96 Å². The van der Waals surface area contributed by atoms with Gasteiger partial charge in [0.15, 0.2) is 0 Å². The SMILES string of the molecule is CN(C)C(CNS(=O)(=O)c1cccs1)c1ccc2c(c1)CCO2. The number of nitrogens with zero attached hydrogens (tertiary/aromatic N) is 1. The van der Waals surface area contributed by atoms with Crippen LogP contribution in [0.25, 0.3) is 0 Å². The van der Waals surface area contributed by atoms with Gasteiger partial charge in [-0.05, 0) is 42.7 Å². The van der Waals surface area contributed by atoms with E-state index in [4.69, 9.17) is 4.74 Å². The molecule has 1 unspecified atom stereocenters. The summed E-state index contributed by atoms with van der Waals surface area (Å²) in [5.41, 5.74) is 2.28. The van der Waals surface area contributed by atoms with Crippen molar-refractivity contribution in [2.45, 2.75) is 16.7 Å². The Morgan fingerprint density at radius 1 is 1.35 bits per heavy atom. The summed E-state index contributed by atoms with van der Waals surface area (Å²) < 4.78 is 33.2. The van der Waals surface area contributed by atoms with E-state index in [2.05, 4.69) is 10.8 Å². The van der Waals surface area contributed by atoms with E-state index < -0.39 is 10.0 Å². The fraction of sp³-hybridized carbons (Fsp3) is 0.375. The Morgan fingerprint density at radius 3 is 2.87 bits per heavy atom. The highest BCUT2D eigenvalue weighted by atomic mass is 32.2. The van der Waals surface area contributed by atoms with Gasteiger partial charge in [0.2, 0.25) is 10.0 Å². The minimum atomic E-state index is -3.45. The number of rotatable bonds is 6. The van der Waals surface area contributed by atoms with Gasteiger partial charge < -0.3 is 9.64 Å². The minimum absolute atomic E-state index is 0.0318. The van der Waals surface area contributed by atoms with E-state index in [0.717, 1.165) is 24.3 Å². The Balaban J connectivity index is 1.78. The topological polar surface area (TPSA) is 58.6 Å². The second kappa shape index (κ2) is 6.60. The molecule has 1 atom stereocenters. The molecule has 0 fully saturated rings. The van der Waals surface area contributed by atoms with Gasteiger partial charge in [-0.15, -0.1) is 11.3 Å². The van der Waals surface area contributed by atoms with Crippen LogP contribution in [0.3, 0.4) is 0 Å². The van der Waals surface area contributed by atoms with Gasteiger partial charge in [-0.2, -0.15) is 0 Å². The Labute approximate surface area is 140 Å². The van der Waals surface area contributed by atoms with Gasteiger partial charge in [-0.25, -0.2) is 13.1 Å². The minimum Gasteiger partial charge on any atom is -0.493 e. The Kier molecular flexibility index (Phi) is 4.72. The number of benzene rings is 1. The smallest absolute Gasteiger partial charge is 0.250 e. The molecule has 23 heavy (non-hydrogen) atoms. The molecule has 0 spiro atoms. The summed E-state index contributed by atoms with van der Waals surface area (Å²) in [5.74, 6) is 0.936. The second-order valence-electron chi connectivity index (χ2n) is 5.73. The van der Waals surface area contributed by atoms with Crippen molar-refractivity contribution in [3.63, 3.8) is 0 Å². The van der Waals surface area contributed by atoms with Crippen LogP contribution < -0.4 is 9.46 Å². The molecule has 1 aliphatic rings. The molecule has 1 aromatic heterocycles. The molecule has 0 amide bonds. The lowest BCUT2D eigenvalue weighted by Crippen LogP contribution is -2.34. The van der Waals surface area contributed by atoms with Gasteiger partial charge in [0.25, 0.3) is 0 Å². The monoisotopic (exact) mass is 352 g/mol. The lowest BCUT2D eigenvalue weighted by atomic mass is 10.0. The average Bonchev–Trinajstić information content (AvgIpc) is 3.18. The van der Waals surface area contributed by atoms with Crippen LogP contribution >= 0.6 is 11.3 Å². The number of hydrogen-bond donors (Lipinski definition) is 1. The van der Waals surface area contributed by atoms with Crippen LogP contribution in [0.5, 0.6) is 5.75 Å². The van der Waals surface area contributed by atoms with E-state index in [9.17, 15) is 8.42 Å². The van der Waals surface area contributed by atoms with Crippen LogP contribution in [0.1, 0.15) is 17.2 Å². The summed E-state index contributed by atoms with van der Waals surface area (Å²) in [7, 11) is 0.457. The van der Waals surface area contributed by atoms with E-state index in [1.54, 1.807) is 17.5 Å². The third-order valence-corrected chi connectivity index (χ3v) is 6.77. The molecule has 2 aromatic rings. The summed E-state index contributed by atoms with van der Waals surface area (Å²) in [6, 6.07) is 9.42.